The van der Waals surface area contributed by atoms with Gasteiger partial charge in [-0.1, -0.05) is 83.8 Å². The van der Waals surface area contributed by atoms with Gasteiger partial charge in [-0.3, -0.25) is 0 Å². The maximum Gasteiger partial charge on any atom is 0.284 e. The fraction of sp³-hybridized carbons (Fsp3) is 0.676. The number of alkyl halides is 2. The molecule has 0 amide bonds. The Labute approximate surface area is 248 Å². The molecule has 1 heterocycles. The van der Waals surface area contributed by atoms with Gasteiger partial charge in [0.25, 0.3) is 5.92 Å². The molecule has 1 unspecified atom stereocenters. The lowest BCUT2D eigenvalue weighted by molar-refractivity contribution is -0.0486. The molecule has 0 saturated heterocycles. The van der Waals surface area contributed by atoms with E-state index >= 15 is 13.2 Å². The molecule has 3 rings (SSSR count). The number of nitrogens with zero attached hydrogens (tertiary/aromatic N) is 1. The van der Waals surface area contributed by atoms with E-state index in [-0.39, 0.29) is 29.8 Å². The Morgan fingerprint density at radius 1 is 0.786 bits per heavy atom. The first-order valence-corrected chi connectivity index (χ1v) is 16.1. The Kier molecular flexibility index (Phi) is 14.5. The summed E-state index contributed by atoms with van der Waals surface area (Å²) in [6.45, 7) is 6.02. The number of unbranched alkanes of at least 4 members (excludes halogenated alkanes) is 10. The fourth-order valence-corrected chi connectivity index (χ4v) is 5.72. The van der Waals surface area contributed by atoms with Crippen molar-refractivity contribution in [3.8, 4) is 5.88 Å². The molecule has 42 heavy (non-hydrogen) atoms. The van der Waals surface area contributed by atoms with Gasteiger partial charge >= 0.3 is 0 Å². The van der Waals surface area contributed by atoms with Gasteiger partial charge in [-0.15, -0.1) is 0 Å². The van der Waals surface area contributed by atoms with E-state index in [0.29, 0.717) is 26.1 Å². The minimum atomic E-state index is -3.74. The Bertz CT molecular complexity index is 1090. The third kappa shape index (κ3) is 9.65. The molecule has 1 aliphatic carbocycles. The van der Waals surface area contributed by atoms with E-state index in [1.807, 2.05) is 0 Å². The van der Waals surface area contributed by atoms with E-state index in [4.69, 9.17) is 9.47 Å². The molecule has 1 aromatic heterocycles. The highest BCUT2D eigenvalue weighted by Crippen LogP contribution is 2.51. The van der Waals surface area contributed by atoms with Crippen LogP contribution in [-0.2, 0) is 23.5 Å². The number of aromatic nitrogens is 1. The van der Waals surface area contributed by atoms with Crippen molar-refractivity contribution in [2.45, 2.75) is 128 Å². The van der Waals surface area contributed by atoms with Crippen LogP contribution in [0, 0.1) is 17.6 Å². The summed E-state index contributed by atoms with van der Waals surface area (Å²) >= 11 is 0. The number of hydrogen-bond acceptors (Lipinski definition) is 3. The van der Waals surface area contributed by atoms with Crippen molar-refractivity contribution >= 4 is 0 Å². The normalized spacial score (nSPS) is 16.0. The predicted molar refractivity (Wildman–Crippen MR) is 157 cm³/mol. The van der Waals surface area contributed by atoms with Crippen molar-refractivity contribution in [3.63, 3.8) is 0 Å². The molecule has 0 spiro atoms. The Hall–Kier alpha value is -2.22. The Morgan fingerprint density at radius 2 is 1.40 bits per heavy atom. The quantitative estimate of drug-likeness (QED) is 0.0864. The standard InChI is InChI=1S/C34H48F5NO2/c1-3-5-7-9-10-15-23-42-29-24-26-18-20-28(34(38,39)30(26)33(37)40-29)27-19-17-25(31(35)32(27)36)16-12-11-14-22-41-21-13-8-6-4-2/h17,19,24,28H,3-16,18,20-23H2,1-2H3. The van der Waals surface area contributed by atoms with Gasteiger partial charge in [0.05, 0.1) is 18.1 Å². The average Bonchev–Trinajstić information content (AvgIpc) is 2.96. The minimum absolute atomic E-state index is 0.0193. The summed E-state index contributed by atoms with van der Waals surface area (Å²) < 4.78 is 87.5. The molecule has 1 aromatic carbocycles. The largest absolute Gasteiger partial charge is 0.478 e. The molecule has 236 valence electrons. The highest BCUT2D eigenvalue weighted by molar-refractivity contribution is 5.41. The van der Waals surface area contributed by atoms with Gasteiger partial charge in [0, 0.05) is 24.8 Å². The highest BCUT2D eigenvalue weighted by Gasteiger charge is 2.50. The zero-order chi connectivity index (χ0) is 30.4. The lowest BCUT2D eigenvalue weighted by Crippen LogP contribution is -2.32. The zero-order valence-corrected chi connectivity index (χ0v) is 25.4. The molecule has 0 N–H and O–H groups in total. The second-order valence-corrected chi connectivity index (χ2v) is 11.5. The number of hydrogen-bond donors (Lipinski definition) is 0. The first-order valence-electron chi connectivity index (χ1n) is 16.1. The fourth-order valence-electron chi connectivity index (χ4n) is 5.72. The van der Waals surface area contributed by atoms with Crippen LogP contribution < -0.4 is 4.74 Å². The minimum Gasteiger partial charge on any atom is -0.478 e. The SMILES string of the molecule is CCCCCCCCOc1cc2c(c(F)n1)C(F)(F)C(c1ccc(CCCCCOCCCCCC)c(F)c1F)CC2. The molecule has 2 aromatic rings. The number of halogens is 5. The summed E-state index contributed by atoms with van der Waals surface area (Å²) in [5.74, 6) is -9.14. The lowest BCUT2D eigenvalue weighted by atomic mass is 9.77. The van der Waals surface area contributed by atoms with Crippen molar-refractivity contribution in [2.75, 3.05) is 19.8 Å². The van der Waals surface area contributed by atoms with Crippen LogP contribution in [0.5, 0.6) is 5.88 Å². The van der Waals surface area contributed by atoms with E-state index in [0.717, 1.165) is 64.4 Å². The average molecular weight is 598 g/mol. The first-order chi connectivity index (χ1) is 20.3. The van der Waals surface area contributed by atoms with Gasteiger partial charge in [0.2, 0.25) is 11.8 Å². The second kappa shape index (κ2) is 17.8. The molecule has 8 heteroatoms. The molecule has 1 atom stereocenters. The maximum absolute atomic E-state index is 15.6. The second-order valence-electron chi connectivity index (χ2n) is 11.5. The molecule has 0 bridgehead atoms. The first kappa shape index (κ1) is 34.3. The van der Waals surface area contributed by atoms with Gasteiger partial charge in [0.15, 0.2) is 11.6 Å². The van der Waals surface area contributed by atoms with Gasteiger partial charge < -0.3 is 9.47 Å². The zero-order valence-electron chi connectivity index (χ0n) is 25.4. The monoisotopic (exact) mass is 597 g/mol. The molecule has 0 radical (unpaired) electrons. The van der Waals surface area contributed by atoms with Crippen LogP contribution in [0.1, 0.15) is 132 Å². The van der Waals surface area contributed by atoms with Crippen molar-refractivity contribution in [2.24, 2.45) is 0 Å². The number of ether oxygens (including phenoxy) is 2. The number of fused-ring (bicyclic) bond motifs is 1. The number of benzene rings is 1. The van der Waals surface area contributed by atoms with Crippen LogP contribution in [0.15, 0.2) is 18.2 Å². The van der Waals surface area contributed by atoms with E-state index in [2.05, 4.69) is 18.8 Å². The Balaban J connectivity index is 1.55. The van der Waals surface area contributed by atoms with Gasteiger partial charge in [-0.2, -0.15) is 9.37 Å². The Morgan fingerprint density at radius 3 is 2.12 bits per heavy atom. The van der Waals surface area contributed by atoms with E-state index in [9.17, 15) is 8.78 Å². The summed E-state index contributed by atoms with van der Waals surface area (Å²) in [5.41, 5.74) is -1.01. The van der Waals surface area contributed by atoms with Crippen molar-refractivity contribution < 1.29 is 31.4 Å². The summed E-state index contributed by atoms with van der Waals surface area (Å²) in [4.78, 5) is 3.64. The summed E-state index contributed by atoms with van der Waals surface area (Å²) in [6.07, 6.45) is 13.5. The molecule has 0 aliphatic heterocycles. The van der Waals surface area contributed by atoms with Crippen molar-refractivity contribution in [1.29, 1.82) is 0 Å². The molecular formula is C34H48F5NO2. The molecular weight excluding hydrogens is 549 g/mol. The van der Waals surface area contributed by atoms with Crippen molar-refractivity contribution in [1.82, 2.24) is 4.98 Å². The van der Waals surface area contributed by atoms with E-state index in [1.165, 1.54) is 37.5 Å². The molecule has 3 nitrogen and oxygen atoms in total. The molecule has 0 saturated carbocycles. The summed E-state index contributed by atoms with van der Waals surface area (Å²) in [7, 11) is 0. The smallest absolute Gasteiger partial charge is 0.284 e. The molecule has 0 fully saturated rings. The van der Waals surface area contributed by atoms with Gasteiger partial charge in [0.1, 0.15) is 0 Å². The van der Waals surface area contributed by atoms with Gasteiger partial charge in [-0.05, 0) is 56.1 Å². The van der Waals surface area contributed by atoms with Crippen LogP contribution in [-0.4, -0.2) is 24.8 Å². The number of pyridine rings is 1. The van der Waals surface area contributed by atoms with Crippen LogP contribution >= 0.6 is 0 Å². The predicted octanol–water partition coefficient (Wildman–Crippen LogP) is 10.4. The van der Waals surface area contributed by atoms with Crippen LogP contribution in [0.3, 0.4) is 0 Å². The van der Waals surface area contributed by atoms with Crippen LogP contribution in [0.25, 0.3) is 0 Å². The van der Waals surface area contributed by atoms with E-state index in [1.54, 1.807) is 0 Å². The number of rotatable bonds is 20. The lowest BCUT2D eigenvalue weighted by Gasteiger charge is -2.34. The molecule has 1 aliphatic rings. The third-order valence-corrected chi connectivity index (χ3v) is 8.20. The van der Waals surface area contributed by atoms with Crippen LogP contribution in [0.2, 0.25) is 0 Å². The summed E-state index contributed by atoms with van der Waals surface area (Å²) in [5, 5.41) is 0. The van der Waals surface area contributed by atoms with Crippen LogP contribution in [0.4, 0.5) is 22.0 Å². The maximum atomic E-state index is 15.6. The van der Waals surface area contributed by atoms with Gasteiger partial charge in [-0.25, -0.2) is 17.6 Å². The third-order valence-electron chi connectivity index (χ3n) is 8.20. The summed E-state index contributed by atoms with van der Waals surface area (Å²) in [6, 6.07) is 3.98. The number of aryl methyl sites for hydroxylation is 2. The van der Waals surface area contributed by atoms with E-state index < -0.39 is 40.5 Å². The topological polar surface area (TPSA) is 31.4 Å². The highest BCUT2D eigenvalue weighted by atomic mass is 19.3. The van der Waals surface area contributed by atoms with Crippen molar-refractivity contribution in [3.05, 3.63) is 58.0 Å².